The highest BCUT2D eigenvalue weighted by molar-refractivity contribution is 9.10. The van der Waals surface area contributed by atoms with Crippen LogP contribution >= 0.6 is 15.9 Å². The van der Waals surface area contributed by atoms with Gasteiger partial charge in [0, 0.05) is 11.0 Å². The lowest BCUT2D eigenvalue weighted by Gasteiger charge is -2.11. The zero-order chi connectivity index (χ0) is 12.7. The van der Waals surface area contributed by atoms with Crippen molar-refractivity contribution in [2.45, 2.75) is 32.8 Å². The molecule has 0 bridgehead atoms. The third kappa shape index (κ3) is 5.73. The van der Waals surface area contributed by atoms with Gasteiger partial charge >= 0.3 is 6.09 Å². The number of ether oxygens (including phenoxy) is 1. The van der Waals surface area contributed by atoms with E-state index in [2.05, 4.69) is 21.2 Å². The van der Waals surface area contributed by atoms with Gasteiger partial charge in [0.15, 0.2) is 0 Å². The molecular weight excluding hydrogens is 282 g/mol. The lowest BCUT2D eigenvalue weighted by Crippen LogP contribution is -2.29. The molecule has 0 fully saturated rings. The molecule has 1 atom stereocenters. The number of halogens is 1. The third-order valence-electron chi connectivity index (χ3n) is 2.48. The first-order valence-electron chi connectivity index (χ1n) is 5.80. The monoisotopic (exact) mass is 299 g/mol. The molecule has 0 heterocycles. The molecule has 0 saturated heterocycles. The molecule has 0 radical (unpaired) electrons. The van der Waals surface area contributed by atoms with E-state index in [9.17, 15) is 4.79 Å². The Morgan fingerprint density at radius 3 is 2.65 bits per heavy atom. The standard InChI is InChI=1S/C13H18BrNO2/c1-3-10(2)17-13(16)15-9-8-11-4-6-12(14)7-5-11/h4-7,10H,3,8-9H2,1-2H3,(H,15,16). The largest absolute Gasteiger partial charge is 0.447 e. The second-order valence-electron chi connectivity index (χ2n) is 3.93. The van der Waals surface area contributed by atoms with Crippen molar-refractivity contribution >= 4 is 22.0 Å². The van der Waals surface area contributed by atoms with E-state index in [0.29, 0.717) is 6.54 Å². The van der Waals surface area contributed by atoms with Gasteiger partial charge < -0.3 is 10.1 Å². The highest BCUT2D eigenvalue weighted by Gasteiger charge is 2.05. The van der Waals surface area contributed by atoms with Gasteiger partial charge in [0.05, 0.1) is 0 Å². The molecule has 1 aromatic carbocycles. The maximum Gasteiger partial charge on any atom is 0.407 e. The first-order chi connectivity index (χ1) is 8.11. The van der Waals surface area contributed by atoms with Crippen molar-refractivity contribution in [3.05, 3.63) is 34.3 Å². The maximum absolute atomic E-state index is 11.3. The average molecular weight is 300 g/mol. The summed E-state index contributed by atoms with van der Waals surface area (Å²) in [6, 6.07) is 8.05. The van der Waals surface area contributed by atoms with Crippen LogP contribution in [0.15, 0.2) is 28.7 Å². The van der Waals surface area contributed by atoms with Crippen LogP contribution in [0.5, 0.6) is 0 Å². The van der Waals surface area contributed by atoms with E-state index in [1.54, 1.807) is 0 Å². The fraction of sp³-hybridized carbons (Fsp3) is 0.462. The van der Waals surface area contributed by atoms with Gasteiger partial charge in [0.1, 0.15) is 6.10 Å². The Morgan fingerprint density at radius 2 is 2.06 bits per heavy atom. The molecule has 0 aromatic heterocycles. The summed E-state index contributed by atoms with van der Waals surface area (Å²) in [6.07, 6.45) is 1.28. The van der Waals surface area contributed by atoms with Gasteiger partial charge in [-0.2, -0.15) is 0 Å². The van der Waals surface area contributed by atoms with Gasteiger partial charge in [-0.3, -0.25) is 0 Å². The second kappa shape index (κ2) is 7.33. The van der Waals surface area contributed by atoms with Crippen molar-refractivity contribution in [2.75, 3.05) is 6.54 Å². The van der Waals surface area contributed by atoms with E-state index in [1.165, 1.54) is 5.56 Å². The zero-order valence-electron chi connectivity index (χ0n) is 10.2. The molecule has 0 saturated carbocycles. The van der Waals surface area contributed by atoms with E-state index in [4.69, 9.17) is 4.74 Å². The summed E-state index contributed by atoms with van der Waals surface area (Å²) in [6.45, 7) is 4.46. The summed E-state index contributed by atoms with van der Waals surface area (Å²) in [5.41, 5.74) is 1.19. The minimum atomic E-state index is -0.337. The molecule has 1 aromatic rings. The predicted molar refractivity (Wildman–Crippen MR) is 72.1 cm³/mol. The fourth-order valence-corrected chi connectivity index (χ4v) is 1.53. The predicted octanol–water partition coefficient (Wildman–Crippen LogP) is 3.52. The first kappa shape index (κ1) is 14.0. The molecule has 4 heteroatoms. The van der Waals surface area contributed by atoms with Crippen LogP contribution in [0.25, 0.3) is 0 Å². The van der Waals surface area contributed by atoms with Crippen LogP contribution in [0, 0.1) is 0 Å². The van der Waals surface area contributed by atoms with Gasteiger partial charge in [-0.15, -0.1) is 0 Å². The Bertz CT molecular complexity index is 351. The molecule has 0 spiro atoms. The van der Waals surface area contributed by atoms with Gasteiger partial charge in [0.25, 0.3) is 0 Å². The smallest absolute Gasteiger partial charge is 0.407 e. The molecular formula is C13H18BrNO2. The molecule has 1 unspecified atom stereocenters. The maximum atomic E-state index is 11.3. The van der Waals surface area contributed by atoms with Crippen LogP contribution in [0.4, 0.5) is 4.79 Å². The van der Waals surface area contributed by atoms with Crippen LogP contribution in [0.3, 0.4) is 0 Å². The number of alkyl carbamates (subject to hydrolysis) is 1. The van der Waals surface area contributed by atoms with Crippen molar-refractivity contribution in [3.63, 3.8) is 0 Å². The van der Waals surface area contributed by atoms with E-state index in [-0.39, 0.29) is 12.2 Å². The van der Waals surface area contributed by atoms with Crippen LogP contribution in [0.1, 0.15) is 25.8 Å². The average Bonchev–Trinajstić information content (AvgIpc) is 2.31. The van der Waals surface area contributed by atoms with E-state index < -0.39 is 0 Å². The van der Waals surface area contributed by atoms with Gasteiger partial charge in [-0.05, 0) is 37.5 Å². The number of hydrogen-bond donors (Lipinski definition) is 1. The molecule has 1 amide bonds. The number of rotatable bonds is 5. The fourth-order valence-electron chi connectivity index (χ4n) is 1.27. The van der Waals surface area contributed by atoms with Crippen molar-refractivity contribution < 1.29 is 9.53 Å². The van der Waals surface area contributed by atoms with Crippen molar-refractivity contribution in [3.8, 4) is 0 Å². The third-order valence-corrected chi connectivity index (χ3v) is 3.01. The molecule has 0 aliphatic carbocycles. The summed E-state index contributed by atoms with van der Waals surface area (Å²) in [5.74, 6) is 0. The molecule has 3 nitrogen and oxygen atoms in total. The summed E-state index contributed by atoms with van der Waals surface area (Å²) >= 11 is 3.38. The Kier molecular flexibility index (Phi) is 6.05. The van der Waals surface area contributed by atoms with E-state index in [0.717, 1.165) is 17.3 Å². The zero-order valence-corrected chi connectivity index (χ0v) is 11.8. The summed E-state index contributed by atoms with van der Waals surface area (Å²) in [7, 11) is 0. The number of carbonyl (C=O) groups is 1. The quantitative estimate of drug-likeness (QED) is 0.903. The number of carbonyl (C=O) groups excluding carboxylic acids is 1. The van der Waals surface area contributed by atoms with E-state index >= 15 is 0 Å². The molecule has 0 aliphatic heterocycles. The van der Waals surface area contributed by atoms with Crippen molar-refractivity contribution in [1.82, 2.24) is 5.32 Å². The summed E-state index contributed by atoms with van der Waals surface area (Å²) < 4.78 is 6.16. The highest BCUT2D eigenvalue weighted by Crippen LogP contribution is 2.10. The Hall–Kier alpha value is -1.03. The number of amides is 1. The van der Waals surface area contributed by atoms with Crippen LogP contribution in [-0.4, -0.2) is 18.7 Å². The van der Waals surface area contributed by atoms with Crippen molar-refractivity contribution in [1.29, 1.82) is 0 Å². The number of hydrogen-bond acceptors (Lipinski definition) is 2. The van der Waals surface area contributed by atoms with Gasteiger partial charge in [-0.1, -0.05) is 35.0 Å². The van der Waals surface area contributed by atoms with Crippen LogP contribution in [0.2, 0.25) is 0 Å². The minimum Gasteiger partial charge on any atom is -0.447 e. The molecule has 0 aliphatic rings. The topological polar surface area (TPSA) is 38.3 Å². The molecule has 1 rings (SSSR count). The lowest BCUT2D eigenvalue weighted by atomic mass is 10.1. The van der Waals surface area contributed by atoms with Crippen molar-refractivity contribution in [2.24, 2.45) is 0 Å². The summed E-state index contributed by atoms with van der Waals surface area (Å²) in [5, 5.41) is 2.74. The van der Waals surface area contributed by atoms with Gasteiger partial charge in [-0.25, -0.2) is 4.79 Å². The Balaban J connectivity index is 2.23. The normalized spacial score (nSPS) is 11.9. The molecule has 94 valence electrons. The Labute approximate surface area is 111 Å². The highest BCUT2D eigenvalue weighted by atomic mass is 79.9. The first-order valence-corrected chi connectivity index (χ1v) is 6.60. The minimum absolute atomic E-state index is 0.0253. The second-order valence-corrected chi connectivity index (χ2v) is 4.84. The molecule has 17 heavy (non-hydrogen) atoms. The summed E-state index contributed by atoms with van der Waals surface area (Å²) in [4.78, 5) is 11.3. The Morgan fingerprint density at radius 1 is 1.41 bits per heavy atom. The SMILES string of the molecule is CCC(C)OC(=O)NCCc1ccc(Br)cc1. The number of benzene rings is 1. The molecule has 1 N–H and O–H groups in total. The van der Waals surface area contributed by atoms with Crippen LogP contribution in [-0.2, 0) is 11.2 Å². The lowest BCUT2D eigenvalue weighted by molar-refractivity contribution is 0.105. The van der Waals surface area contributed by atoms with E-state index in [1.807, 2.05) is 38.1 Å². The van der Waals surface area contributed by atoms with Crippen LogP contribution < -0.4 is 5.32 Å². The van der Waals surface area contributed by atoms with Gasteiger partial charge in [0.2, 0.25) is 0 Å². The number of nitrogens with one attached hydrogen (secondary N) is 1.